The van der Waals surface area contributed by atoms with Crippen LogP contribution >= 0.6 is 0 Å². The van der Waals surface area contributed by atoms with Gasteiger partial charge in [-0.1, -0.05) is 0 Å². The van der Waals surface area contributed by atoms with Crippen molar-refractivity contribution in [3.63, 3.8) is 0 Å². The first-order valence-electron chi connectivity index (χ1n) is 9.58. The van der Waals surface area contributed by atoms with Crippen LogP contribution in [0, 0.1) is 23.2 Å². The minimum absolute atomic E-state index is 0.0225. The zero-order chi connectivity index (χ0) is 16.9. The predicted molar refractivity (Wildman–Crippen MR) is 88.8 cm³/mol. The molecule has 1 heterocycles. The van der Waals surface area contributed by atoms with Crippen LogP contribution in [0.15, 0.2) is 0 Å². The van der Waals surface area contributed by atoms with Gasteiger partial charge in [-0.2, -0.15) is 0 Å². The maximum atomic E-state index is 12.4. The summed E-state index contributed by atoms with van der Waals surface area (Å²) in [6, 6.07) is 0.198. The number of hydrogen-bond acceptors (Lipinski definition) is 3. The highest BCUT2D eigenvalue weighted by molar-refractivity contribution is 6.02. The monoisotopic (exact) mass is 332 g/mol. The molecule has 1 N–H and O–H groups in total. The van der Waals surface area contributed by atoms with Gasteiger partial charge in [-0.25, -0.2) is 0 Å². The second-order valence-corrected chi connectivity index (χ2v) is 8.76. The summed E-state index contributed by atoms with van der Waals surface area (Å²) in [5.41, 5.74) is 0.295. The van der Waals surface area contributed by atoms with Crippen LogP contribution in [0.3, 0.4) is 0 Å². The highest BCUT2D eigenvalue weighted by atomic mass is 16.2. The van der Waals surface area contributed by atoms with Crippen LogP contribution in [0.25, 0.3) is 0 Å². The second-order valence-electron chi connectivity index (χ2n) is 8.76. The molecule has 1 unspecified atom stereocenters. The van der Waals surface area contributed by atoms with Crippen molar-refractivity contribution in [1.82, 2.24) is 10.2 Å². The Morgan fingerprint density at radius 3 is 2.08 bits per heavy atom. The molecular weight excluding hydrogens is 304 g/mol. The van der Waals surface area contributed by atoms with Crippen molar-refractivity contribution in [1.29, 1.82) is 0 Å². The molecule has 0 aromatic heterocycles. The zero-order valence-electron chi connectivity index (χ0n) is 14.6. The summed E-state index contributed by atoms with van der Waals surface area (Å²) in [6.45, 7) is 2.40. The molecule has 5 rings (SSSR count). The Kier molecular flexibility index (Phi) is 3.92. The third-order valence-electron chi connectivity index (χ3n) is 7.10. The van der Waals surface area contributed by atoms with E-state index >= 15 is 0 Å². The normalized spacial score (nSPS) is 38.7. The van der Waals surface area contributed by atoms with Crippen molar-refractivity contribution in [3.05, 3.63) is 0 Å². The van der Waals surface area contributed by atoms with Crippen molar-refractivity contribution >= 4 is 17.7 Å². The fourth-order valence-corrected chi connectivity index (χ4v) is 6.26. The lowest BCUT2D eigenvalue weighted by molar-refractivity contribution is -0.138. The molecule has 4 bridgehead atoms. The van der Waals surface area contributed by atoms with E-state index in [-0.39, 0.29) is 36.7 Å². The third-order valence-corrected chi connectivity index (χ3v) is 7.10. The third kappa shape index (κ3) is 2.76. The Bertz CT molecular complexity index is 520. The molecule has 0 aromatic rings. The molecular formula is C19H28N2O3. The van der Waals surface area contributed by atoms with E-state index in [0.717, 1.165) is 17.8 Å². The molecule has 0 aromatic carbocycles. The Labute approximate surface area is 143 Å². The molecule has 24 heavy (non-hydrogen) atoms. The number of nitrogens with zero attached hydrogens (tertiary/aromatic N) is 1. The van der Waals surface area contributed by atoms with E-state index in [1.807, 2.05) is 0 Å². The van der Waals surface area contributed by atoms with E-state index in [2.05, 4.69) is 12.2 Å². The Morgan fingerprint density at radius 1 is 1.08 bits per heavy atom. The average molecular weight is 332 g/mol. The minimum Gasteiger partial charge on any atom is -0.353 e. The van der Waals surface area contributed by atoms with Gasteiger partial charge in [0.1, 0.15) is 0 Å². The lowest BCUT2D eigenvalue weighted by atomic mass is 9.48. The van der Waals surface area contributed by atoms with E-state index < -0.39 is 0 Å². The molecule has 1 aliphatic heterocycles. The van der Waals surface area contributed by atoms with Gasteiger partial charge < -0.3 is 5.32 Å². The lowest BCUT2D eigenvalue weighted by Gasteiger charge is -2.59. The predicted octanol–water partition coefficient (Wildman–Crippen LogP) is 2.25. The summed E-state index contributed by atoms with van der Waals surface area (Å²) in [5, 5.41) is 3.20. The Morgan fingerprint density at radius 2 is 1.58 bits per heavy atom. The smallest absolute Gasteiger partial charge is 0.229 e. The lowest BCUT2D eigenvalue weighted by Crippen LogP contribution is -2.56. The maximum absolute atomic E-state index is 12.4. The van der Waals surface area contributed by atoms with Crippen molar-refractivity contribution in [2.24, 2.45) is 23.2 Å². The SMILES string of the molecule is CC(NC(=O)CCN1C(=O)CCC1=O)C12CC3CC(CC(C3)C1)C2. The quantitative estimate of drug-likeness (QED) is 0.785. The van der Waals surface area contributed by atoms with E-state index in [0.29, 0.717) is 18.3 Å². The molecule has 5 aliphatic rings. The summed E-state index contributed by atoms with van der Waals surface area (Å²) in [7, 11) is 0. The first-order valence-corrected chi connectivity index (χ1v) is 9.58. The minimum atomic E-state index is -0.137. The van der Waals surface area contributed by atoms with Gasteiger partial charge in [0.2, 0.25) is 17.7 Å². The Hall–Kier alpha value is -1.39. The van der Waals surface area contributed by atoms with Crippen molar-refractivity contribution in [3.8, 4) is 0 Å². The number of likely N-dealkylation sites (tertiary alicyclic amines) is 1. The van der Waals surface area contributed by atoms with E-state index in [4.69, 9.17) is 0 Å². The molecule has 5 fully saturated rings. The van der Waals surface area contributed by atoms with Crippen molar-refractivity contribution in [2.45, 2.75) is 70.8 Å². The molecule has 5 nitrogen and oxygen atoms in total. The highest BCUT2D eigenvalue weighted by Gasteiger charge is 2.53. The van der Waals surface area contributed by atoms with Crippen LogP contribution in [0.4, 0.5) is 0 Å². The summed E-state index contributed by atoms with van der Waals surface area (Å²) in [5.74, 6) is 2.32. The number of rotatable bonds is 5. The molecule has 4 aliphatic carbocycles. The van der Waals surface area contributed by atoms with E-state index in [1.54, 1.807) is 0 Å². The summed E-state index contributed by atoms with van der Waals surface area (Å²) < 4.78 is 0. The van der Waals surface area contributed by atoms with Gasteiger partial charge in [-0.3, -0.25) is 19.3 Å². The van der Waals surface area contributed by atoms with Crippen LogP contribution in [0.5, 0.6) is 0 Å². The molecule has 4 saturated carbocycles. The van der Waals surface area contributed by atoms with Gasteiger partial charge in [-0.15, -0.1) is 0 Å². The fourth-order valence-electron chi connectivity index (χ4n) is 6.26. The van der Waals surface area contributed by atoms with Crippen LogP contribution in [-0.4, -0.2) is 35.2 Å². The molecule has 0 radical (unpaired) electrons. The number of imide groups is 1. The van der Waals surface area contributed by atoms with Gasteiger partial charge in [0, 0.05) is 31.8 Å². The largest absolute Gasteiger partial charge is 0.353 e. The van der Waals surface area contributed by atoms with Crippen LogP contribution in [0.2, 0.25) is 0 Å². The molecule has 1 saturated heterocycles. The van der Waals surface area contributed by atoms with E-state index in [1.165, 1.54) is 43.4 Å². The van der Waals surface area contributed by atoms with Crippen molar-refractivity contribution in [2.75, 3.05) is 6.54 Å². The number of hydrogen-bond donors (Lipinski definition) is 1. The summed E-state index contributed by atoms with van der Waals surface area (Å²) >= 11 is 0. The second kappa shape index (κ2) is 5.85. The number of carbonyl (C=O) groups excluding carboxylic acids is 3. The average Bonchev–Trinajstić information content (AvgIpc) is 2.82. The summed E-state index contributed by atoms with van der Waals surface area (Å²) in [6.07, 6.45) is 8.83. The fraction of sp³-hybridized carbons (Fsp3) is 0.842. The first kappa shape index (κ1) is 16.1. The molecule has 3 amide bonds. The van der Waals surface area contributed by atoms with Crippen LogP contribution < -0.4 is 5.32 Å². The standard InChI is InChI=1S/C19H28N2O3/c1-12(19-9-13-6-14(10-19)8-15(7-13)11-19)20-16(22)4-5-21-17(23)2-3-18(21)24/h12-15H,2-11H2,1H3,(H,20,22). The Balaban J connectivity index is 1.33. The van der Waals surface area contributed by atoms with Gasteiger partial charge in [0.15, 0.2) is 0 Å². The zero-order valence-corrected chi connectivity index (χ0v) is 14.6. The van der Waals surface area contributed by atoms with Crippen LogP contribution in [-0.2, 0) is 14.4 Å². The van der Waals surface area contributed by atoms with Gasteiger partial charge in [0.25, 0.3) is 0 Å². The highest BCUT2D eigenvalue weighted by Crippen LogP contribution is 2.61. The number of amides is 3. The van der Waals surface area contributed by atoms with Gasteiger partial charge in [0.05, 0.1) is 0 Å². The topological polar surface area (TPSA) is 66.5 Å². The molecule has 1 atom stereocenters. The van der Waals surface area contributed by atoms with Crippen LogP contribution in [0.1, 0.15) is 64.7 Å². The number of nitrogens with one attached hydrogen (secondary N) is 1. The molecule has 5 heteroatoms. The number of carbonyl (C=O) groups is 3. The van der Waals surface area contributed by atoms with Crippen molar-refractivity contribution < 1.29 is 14.4 Å². The summed E-state index contributed by atoms with van der Waals surface area (Å²) in [4.78, 5) is 36.8. The first-order chi connectivity index (χ1) is 11.4. The van der Waals surface area contributed by atoms with E-state index in [9.17, 15) is 14.4 Å². The molecule has 0 spiro atoms. The van der Waals surface area contributed by atoms with Gasteiger partial charge in [-0.05, 0) is 68.6 Å². The maximum Gasteiger partial charge on any atom is 0.229 e. The van der Waals surface area contributed by atoms with Gasteiger partial charge >= 0.3 is 0 Å². The molecule has 132 valence electrons.